The summed E-state index contributed by atoms with van der Waals surface area (Å²) >= 11 is 0. The summed E-state index contributed by atoms with van der Waals surface area (Å²) < 4.78 is 0. The highest BCUT2D eigenvalue weighted by molar-refractivity contribution is 5.80. The first-order valence-electron chi connectivity index (χ1n) is 17.6. The average molecular weight is 660 g/mol. The lowest BCUT2D eigenvalue weighted by Gasteiger charge is -2.38. The molecule has 4 heterocycles. The van der Waals surface area contributed by atoms with E-state index in [0.717, 1.165) is 45.3 Å². The molecule has 2 N–H and O–H groups in total. The number of nitrogens with two attached hydrogens (primary N) is 1. The Labute approximate surface area is 301 Å². The van der Waals surface area contributed by atoms with Gasteiger partial charge in [-0.05, 0) is 126 Å². The Morgan fingerprint density at radius 3 is 1.65 bits per heavy atom. The number of hydrogen-bond acceptors (Lipinski definition) is 3. The molecular weight excluding hydrogens is 619 g/mol. The monoisotopic (exact) mass is 659 g/mol. The van der Waals surface area contributed by atoms with Gasteiger partial charge in [-0.25, -0.2) is 0 Å². The van der Waals surface area contributed by atoms with Crippen molar-refractivity contribution in [1.29, 1.82) is 0 Å². The SMILES string of the molecule is Cc1cccc(N(c2ccccc2)c2ccc(C=Cc3ccc(C4(CN)c5ccc(cc5)N(c5ccccc5)c5ccc4c(C)c5)cc3)cc2)c1. The van der Waals surface area contributed by atoms with Gasteiger partial charge < -0.3 is 15.5 Å². The number of para-hydroxylation sites is 2. The van der Waals surface area contributed by atoms with Crippen molar-refractivity contribution in [2.45, 2.75) is 19.3 Å². The van der Waals surface area contributed by atoms with E-state index in [1.807, 2.05) is 0 Å². The van der Waals surface area contributed by atoms with E-state index < -0.39 is 5.41 Å². The molecular formula is C48H41N3. The molecule has 7 aromatic rings. The van der Waals surface area contributed by atoms with Gasteiger partial charge in [0, 0.05) is 40.7 Å². The molecule has 4 bridgehead atoms. The largest absolute Gasteiger partial charge is 0.329 e. The van der Waals surface area contributed by atoms with Crippen LogP contribution in [0.5, 0.6) is 0 Å². The van der Waals surface area contributed by atoms with Gasteiger partial charge in [0.25, 0.3) is 0 Å². The van der Waals surface area contributed by atoms with Crippen LogP contribution < -0.4 is 15.5 Å². The van der Waals surface area contributed by atoms with Crippen LogP contribution in [0, 0.1) is 13.8 Å². The van der Waals surface area contributed by atoms with Crippen LogP contribution in [0.15, 0.2) is 176 Å². The molecule has 51 heavy (non-hydrogen) atoms. The summed E-state index contributed by atoms with van der Waals surface area (Å²) in [5.74, 6) is 0. The van der Waals surface area contributed by atoms with Gasteiger partial charge in [0.05, 0.1) is 5.41 Å². The van der Waals surface area contributed by atoms with Crippen molar-refractivity contribution in [2.24, 2.45) is 5.73 Å². The van der Waals surface area contributed by atoms with E-state index in [1.54, 1.807) is 0 Å². The normalized spacial score (nSPS) is 15.0. The van der Waals surface area contributed by atoms with Crippen molar-refractivity contribution >= 4 is 46.3 Å². The Hall–Kier alpha value is -6.16. The van der Waals surface area contributed by atoms with Crippen molar-refractivity contribution in [3.05, 3.63) is 215 Å². The number of aryl methyl sites for hydroxylation is 2. The maximum absolute atomic E-state index is 6.80. The third-order valence-corrected chi connectivity index (χ3v) is 10.2. The molecule has 1 unspecified atom stereocenters. The van der Waals surface area contributed by atoms with Gasteiger partial charge in [-0.15, -0.1) is 0 Å². The molecule has 0 saturated carbocycles. The first kappa shape index (κ1) is 32.1. The Kier molecular flexibility index (Phi) is 8.57. The fourth-order valence-electron chi connectivity index (χ4n) is 7.61. The zero-order valence-electron chi connectivity index (χ0n) is 29.1. The molecule has 3 heteroatoms. The molecule has 0 aromatic heterocycles. The van der Waals surface area contributed by atoms with Crippen molar-refractivity contribution in [2.75, 3.05) is 16.3 Å². The minimum absolute atomic E-state index is 0.457. The number of rotatable bonds is 8. The third kappa shape index (κ3) is 6.03. The van der Waals surface area contributed by atoms with Crippen molar-refractivity contribution in [3.63, 3.8) is 0 Å². The van der Waals surface area contributed by atoms with Crippen LogP contribution in [0.4, 0.5) is 34.1 Å². The number of hydrogen-bond donors (Lipinski definition) is 1. The lowest BCUT2D eigenvalue weighted by atomic mass is 9.67. The lowest BCUT2D eigenvalue weighted by molar-refractivity contribution is 0.625. The highest BCUT2D eigenvalue weighted by Crippen LogP contribution is 2.45. The quantitative estimate of drug-likeness (QED) is 0.165. The summed E-state index contributed by atoms with van der Waals surface area (Å²) in [6.45, 7) is 4.80. The summed E-state index contributed by atoms with van der Waals surface area (Å²) in [7, 11) is 0. The molecule has 0 aliphatic carbocycles. The maximum Gasteiger partial charge on any atom is 0.0575 e. The second-order valence-corrected chi connectivity index (χ2v) is 13.4. The molecule has 4 aliphatic heterocycles. The summed E-state index contributed by atoms with van der Waals surface area (Å²) in [6.07, 6.45) is 4.37. The van der Waals surface area contributed by atoms with Gasteiger partial charge in [-0.1, -0.05) is 115 Å². The minimum atomic E-state index is -0.476. The van der Waals surface area contributed by atoms with Crippen molar-refractivity contribution < 1.29 is 0 Å². The summed E-state index contributed by atoms with van der Waals surface area (Å²) in [5, 5.41) is 0. The second-order valence-electron chi connectivity index (χ2n) is 13.4. The number of benzene rings is 7. The molecule has 4 aliphatic rings. The first-order valence-corrected chi connectivity index (χ1v) is 17.6. The van der Waals surface area contributed by atoms with Crippen LogP contribution in [-0.4, -0.2) is 6.54 Å². The Bertz CT molecular complexity index is 2290. The van der Waals surface area contributed by atoms with E-state index in [0.29, 0.717) is 6.54 Å². The van der Waals surface area contributed by atoms with E-state index in [4.69, 9.17) is 5.73 Å². The zero-order chi connectivity index (χ0) is 34.8. The Morgan fingerprint density at radius 2 is 1.04 bits per heavy atom. The molecule has 3 nitrogen and oxygen atoms in total. The molecule has 0 fully saturated rings. The van der Waals surface area contributed by atoms with Gasteiger partial charge in [0.1, 0.15) is 0 Å². The van der Waals surface area contributed by atoms with Gasteiger partial charge in [-0.2, -0.15) is 0 Å². The smallest absolute Gasteiger partial charge is 0.0575 e. The van der Waals surface area contributed by atoms with Gasteiger partial charge in [0.2, 0.25) is 0 Å². The predicted molar refractivity (Wildman–Crippen MR) is 216 cm³/mol. The van der Waals surface area contributed by atoms with Gasteiger partial charge in [-0.3, -0.25) is 0 Å². The van der Waals surface area contributed by atoms with Crippen LogP contribution in [0.2, 0.25) is 0 Å². The van der Waals surface area contributed by atoms with E-state index in [2.05, 4.69) is 212 Å². The lowest BCUT2D eigenvalue weighted by Crippen LogP contribution is -2.38. The van der Waals surface area contributed by atoms with E-state index >= 15 is 0 Å². The van der Waals surface area contributed by atoms with Crippen LogP contribution in [0.1, 0.15) is 38.9 Å². The fourth-order valence-corrected chi connectivity index (χ4v) is 7.61. The second kappa shape index (κ2) is 13.6. The van der Waals surface area contributed by atoms with E-state index in [9.17, 15) is 0 Å². The van der Waals surface area contributed by atoms with Crippen molar-refractivity contribution in [1.82, 2.24) is 0 Å². The summed E-state index contributed by atoms with van der Waals surface area (Å²) in [5.41, 5.74) is 21.5. The fraction of sp³-hybridized carbons (Fsp3) is 0.0833. The maximum atomic E-state index is 6.80. The van der Waals surface area contributed by atoms with Crippen molar-refractivity contribution in [3.8, 4) is 0 Å². The summed E-state index contributed by atoms with van der Waals surface area (Å²) in [4.78, 5) is 4.61. The topological polar surface area (TPSA) is 32.5 Å². The van der Waals surface area contributed by atoms with Gasteiger partial charge >= 0.3 is 0 Å². The highest BCUT2D eigenvalue weighted by atomic mass is 15.1. The molecule has 7 aromatic carbocycles. The summed E-state index contributed by atoms with van der Waals surface area (Å²) in [6, 6.07) is 63.2. The average Bonchev–Trinajstić information content (AvgIpc) is 3.18. The van der Waals surface area contributed by atoms with E-state index in [1.165, 1.54) is 27.8 Å². The number of anilines is 6. The van der Waals surface area contributed by atoms with Crippen LogP contribution in [-0.2, 0) is 5.41 Å². The molecule has 0 radical (unpaired) electrons. The molecule has 0 spiro atoms. The highest BCUT2D eigenvalue weighted by Gasteiger charge is 2.37. The standard InChI is InChI=1S/C48H41N3/c1-35-10-9-15-45(32-35)50(41-11-5-3-6-12-41)43-26-20-38(21-27-43)17-16-37-18-22-39(23-19-37)48(34-49)40-24-28-44(29-25-40)51(42-13-7-4-8-14-42)46-30-31-47(48)36(2)33-46/h3-33H,34,49H2,1-2H3. The first-order chi connectivity index (χ1) is 25.0. The minimum Gasteiger partial charge on any atom is -0.329 e. The Balaban J connectivity index is 1.08. The number of nitrogens with zero attached hydrogens (tertiary/aromatic N) is 2. The molecule has 11 rings (SSSR count). The van der Waals surface area contributed by atoms with Crippen LogP contribution in [0.3, 0.4) is 0 Å². The molecule has 0 amide bonds. The third-order valence-electron chi connectivity index (χ3n) is 10.2. The van der Waals surface area contributed by atoms with Crippen LogP contribution >= 0.6 is 0 Å². The molecule has 1 atom stereocenters. The van der Waals surface area contributed by atoms with E-state index in [-0.39, 0.29) is 0 Å². The molecule has 248 valence electrons. The van der Waals surface area contributed by atoms with Crippen LogP contribution in [0.25, 0.3) is 12.2 Å². The van der Waals surface area contributed by atoms with Gasteiger partial charge in [0.15, 0.2) is 0 Å². The molecule has 0 saturated heterocycles. The predicted octanol–water partition coefficient (Wildman–Crippen LogP) is 12.0. The zero-order valence-corrected chi connectivity index (χ0v) is 29.1. The Morgan fingerprint density at radius 1 is 0.510 bits per heavy atom.